The second kappa shape index (κ2) is 22.6. The van der Waals surface area contributed by atoms with Crippen molar-refractivity contribution in [1.82, 2.24) is 0 Å². The van der Waals surface area contributed by atoms with Crippen LogP contribution < -0.4 is 19.6 Å². The molecule has 0 unspecified atom stereocenters. The Morgan fingerprint density at radius 2 is 0.524 bits per heavy atom. The van der Waals surface area contributed by atoms with Crippen LogP contribution >= 0.6 is 22.7 Å². The van der Waals surface area contributed by atoms with Crippen LogP contribution in [-0.2, 0) is 0 Å². The smallest absolute Gasteiger partial charge is 0.0463 e. The second-order valence-electron chi connectivity index (χ2n) is 20.5. The highest BCUT2D eigenvalue weighted by molar-refractivity contribution is 7.22. The van der Waals surface area contributed by atoms with Crippen LogP contribution in [0.1, 0.15) is 12.8 Å². The third-order valence-corrected chi connectivity index (χ3v) is 17.6. The molecule has 1 aliphatic rings. The van der Waals surface area contributed by atoms with Crippen molar-refractivity contribution >= 4 is 105 Å². The first-order valence-corrected chi connectivity index (χ1v) is 29.6. The predicted molar refractivity (Wildman–Crippen MR) is 353 cm³/mol. The number of fused-ring (bicyclic) bond motifs is 2. The quantitative estimate of drug-likeness (QED) is 0.101. The van der Waals surface area contributed by atoms with Crippen LogP contribution in [0.3, 0.4) is 0 Å². The molecule has 0 fully saturated rings. The average Bonchev–Trinajstić information content (AvgIpc) is 4.29. The van der Waals surface area contributed by atoms with Crippen molar-refractivity contribution < 1.29 is 0 Å². The lowest BCUT2D eigenvalue weighted by Gasteiger charge is -2.29. The van der Waals surface area contributed by atoms with E-state index in [1.165, 1.54) is 46.8 Å². The van der Waals surface area contributed by atoms with Crippen molar-refractivity contribution in [2.45, 2.75) is 12.8 Å². The number of nitrogens with zero attached hydrogens (tertiary/aromatic N) is 4. The summed E-state index contributed by atoms with van der Waals surface area (Å²) in [5.74, 6) is 0. The molecule has 0 radical (unpaired) electrons. The molecule has 0 atom stereocenters. The standard InChI is InChI=1S/C76H56N4S2/c1-5-19-61(20-6-1)77(62-21-7-2-8-22-62)69-45-49-71(50-46-69)79(67-41-33-57(34-42-67)75-53-59-17-13-15-27-73(59)81-75)65-37-29-55(30-38-65)56-31-39-66(40-32-56)80(68-43-35-58(36-44-68)76-54-60-18-14-16-28-74(60)82-76)72-51-47-70(48-52-72)78(63-23-9-3-10-24-63)64-25-11-4-12-26-64/h1-3,5-11,13-54H,4,12H2. The van der Waals surface area contributed by atoms with Crippen LogP contribution in [0.15, 0.2) is 321 Å². The van der Waals surface area contributed by atoms with Gasteiger partial charge in [-0.3, -0.25) is 0 Å². The lowest BCUT2D eigenvalue weighted by Crippen LogP contribution is -2.16. The maximum atomic E-state index is 2.37. The van der Waals surface area contributed by atoms with Gasteiger partial charge in [0.1, 0.15) is 0 Å². The van der Waals surface area contributed by atoms with Crippen LogP contribution in [0.2, 0.25) is 0 Å². The van der Waals surface area contributed by atoms with Gasteiger partial charge >= 0.3 is 0 Å². The Morgan fingerprint density at radius 1 is 0.244 bits per heavy atom. The molecular formula is C76H56N4S2. The molecule has 14 rings (SSSR count). The van der Waals surface area contributed by atoms with Crippen molar-refractivity contribution in [2.24, 2.45) is 0 Å². The number of hydrogen-bond acceptors (Lipinski definition) is 6. The first-order chi connectivity index (χ1) is 40.6. The largest absolute Gasteiger partial charge is 0.311 e. The summed E-state index contributed by atoms with van der Waals surface area (Å²) < 4.78 is 2.60. The first-order valence-electron chi connectivity index (χ1n) is 27.9. The van der Waals surface area contributed by atoms with Crippen LogP contribution in [0.5, 0.6) is 0 Å². The molecule has 82 heavy (non-hydrogen) atoms. The van der Waals surface area contributed by atoms with Crippen molar-refractivity contribution in [2.75, 3.05) is 19.6 Å². The van der Waals surface area contributed by atoms with Gasteiger partial charge in [0.25, 0.3) is 0 Å². The Labute approximate surface area is 487 Å². The highest BCUT2D eigenvalue weighted by Crippen LogP contribution is 2.44. The molecule has 0 aliphatic heterocycles. The van der Waals surface area contributed by atoms with E-state index in [2.05, 4.69) is 335 Å². The number of allylic oxidation sites excluding steroid dienone is 3. The Kier molecular flexibility index (Phi) is 13.9. The van der Waals surface area contributed by atoms with Crippen molar-refractivity contribution in [3.63, 3.8) is 0 Å². The number of hydrogen-bond donors (Lipinski definition) is 0. The summed E-state index contributed by atoms with van der Waals surface area (Å²) in [6.07, 6.45) is 8.95. The summed E-state index contributed by atoms with van der Waals surface area (Å²) in [6, 6.07) is 108. The summed E-state index contributed by atoms with van der Waals surface area (Å²) in [5, 5.41) is 2.55. The van der Waals surface area contributed by atoms with Gasteiger partial charge in [0.05, 0.1) is 0 Å². The van der Waals surface area contributed by atoms with E-state index >= 15 is 0 Å². The van der Waals surface area contributed by atoms with E-state index in [9.17, 15) is 0 Å². The van der Waals surface area contributed by atoms with Crippen molar-refractivity contribution in [3.8, 4) is 32.0 Å². The summed E-state index contributed by atoms with van der Waals surface area (Å²) in [7, 11) is 0. The van der Waals surface area contributed by atoms with Gasteiger partial charge in [0.2, 0.25) is 0 Å². The topological polar surface area (TPSA) is 13.0 Å². The third-order valence-electron chi connectivity index (χ3n) is 15.3. The summed E-state index contributed by atoms with van der Waals surface area (Å²) in [5.41, 5.74) is 17.9. The van der Waals surface area contributed by atoms with Crippen molar-refractivity contribution in [1.29, 1.82) is 0 Å². The Hall–Kier alpha value is -9.98. The fourth-order valence-electron chi connectivity index (χ4n) is 11.2. The number of rotatable bonds is 15. The van der Waals surface area contributed by atoms with Gasteiger partial charge in [-0.15, -0.1) is 22.7 Å². The number of benzene rings is 11. The molecule has 0 spiro atoms. The molecule has 0 saturated heterocycles. The summed E-state index contributed by atoms with van der Waals surface area (Å²) in [4.78, 5) is 11.9. The maximum absolute atomic E-state index is 2.37. The minimum absolute atomic E-state index is 1.03. The van der Waals surface area contributed by atoms with E-state index < -0.39 is 0 Å². The molecule has 1 aliphatic carbocycles. The monoisotopic (exact) mass is 1090 g/mol. The van der Waals surface area contributed by atoms with Crippen LogP contribution in [0.25, 0.3) is 52.2 Å². The van der Waals surface area contributed by atoms with Gasteiger partial charge in [-0.1, -0.05) is 152 Å². The second-order valence-corrected chi connectivity index (χ2v) is 22.6. The zero-order chi connectivity index (χ0) is 54.6. The Morgan fingerprint density at radius 3 is 0.854 bits per heavy atom. The fourth-order valence-corrected chi connectivity index (χ4v) is 13.3. The van der Waals surface area contributed by atoms with Gasteiger partial charge in [0.15, 0.2) is 0 Å². The molecule has 4 nitrogen and oxygen atoms in total. The van der Waals surface area contributed by atoms with E-state index in [1.54, 1.807) is 0 Å². The molecular weight excluding hydrogens is 1030 g/mol. The summed E-state index contributed by atoms with van der Waals surface area (Å²) in [6.45, 7) is 0. The molecule has 13 aromatic rings. The molecule has 0 saturated carbocycles. The highest BCUT2D eigenvalue weighted by atomic mass is 32.1. The van der Waals surface area contributed by atoms with E-state index in [1.807, 2.05) is 22.7 Å². The zero-order valence-corrected chi connectivity index (χ0v) is 46.7. The van der Waals surface area contributed by atoms with Crippen LogP contribution in [0.4, 0.5) is 62.6 Å². The van der Waals surface area contributed by atoms with E-state index in [0.29, 0.717) is 0 Å². The predicted octanol–water partition coefficient (Wildman–Crippen LogP) is 22.9. The molecule has 2 heterocycles. The van der Waals surface area contributed by atoms with E-state index in [4.69, 9.17) is 0 Å². The van der Waals surface area contributed by atoms with Crippen LogP contribution in [0, 0.1) is 0 Å². The minimum Gasteiger partial charge on any atom is -0.311 e. The Bertz CT molecular complexity index is 4240. The molecule has 0 N–H and O–H groups in total. The van der Waals surface area contributed by atoms with Crippen molar-refractivity contribution in [3.05, 3.63) is 321 Å². The molecule has 6 heteroatoms. The SMILES string of the molecule is C1=CC(N(c2ccccc2)c2ccc(N(c3ccc(-c4ccc(N(c5ccc(-c6cc7ccccc7s6)cc5)c5ccc(N(c6ccccc6)c6ccccc6)cc5)cc4)cc3)c3ccc(-c4cc5ccccc5s4)cc3)cc2)=CCC1. The molecule has 11 aromatic carbocycles. The normalized spacial score (nSPS) is 12.1. The number of thiophene rings is 2. The van der Waals surface area contributed by atoms with Gasteiger partial charge in [0, 0.05) is 87.4 Å². The minimum atomic E-state index is 1.03. The van der Waals surface area contributed by atoms with Gasteiger partial charge in [-0.25, -0.2) is 0 Å². The fraction of sp³-hybridized carbons (Fsp3) is 0.0263. The lowest BCUT2D eigenvalue weighted by atomic mass is 10.0. The third kappa shape index (κ3) is 10.3. The van der Waals surface area contributed by atoms with Gasteiger partial charge in [-0.2, -0.15) is 0 Å². The molecule has 0 amide bonds. The van der Waals surface area contributed by atoms with E-state index in [0.717, 1.165) is 86.5 Å². The highest BCUT2D eigenvalue weighted by Gasteiger charge is 2.20. The number of anilines is 11. The Balaban J connectivity index is 0.794. The zero-order valence-electron chi connectivity index (χ0n) is 45.0. The number of para-hydroxylation sites is 3. The molecule has 0 bridgehead atoms. The van der Waals surface area contributed by atoms with Gasteiger partial charge < -0.3 is 19.6 Å². The van der Waals surface area contributed by atoms with Crippen LogP contribution in [-0.4, -0.2) is 0 Å². The van der Waals surface area contributed by atoms with Gasteiger partial charge in [-0.05, 0) is 210 Å². The average molecular weight is 1090 g/mol. The molecule has 392 valence electrons. The first kappa shape index (κ1) is 50.3. The molecule has 2 aromatic heterocycles. The lowest BCUT2D eigenvalue weighted by molar-refractivity contribution is 0.997. The summed E-state index contributed by atoms with van der Waals surface area (Å²) >= 11 is 3.68. The maximum Gasteiger partial charge on any atom is 0.0463 e. The van der Waals surface area contributed by atoms with E-state index in [-0.39, 0.29) is 0 Å².